The minimum Gasteiger partial charge on any atom is -0.369 e. The largest absolute Gasteiger partial charge is 0.369 e. The van der Waals surface area contributed by atoms with Crippen LogP contribution >= 0.6 is 11.3 Å². The van der Waals surface area contributed by atoms with Crippen molar-refractivity contribution in [3.05, 3.63) is 15.6 Å². The Labute approximate surface area is 81.2 Å². The second-order valence-electron chi connectivity index (χ2n) is 2.82. The van der Waals surface area contributed by atoms with E-state index < -0.39 is 0 Å². The van der Waals surface area contributed by atoms with Crippen LogP contribution in [-0.4, -0.2) is 17.4 Å². The van der Waals surface area contributed by atoms with Gasteiger partial charge in [-0.2, -0.15) is 0 Å². The predicted octanol–water partition coefficient (Wildman–Crippen LogP) is 0.335. The molecule has 1 rings (SSSR count). The molecular formula is C8H13N3OS. The zero-order chi connectivity index (χ0) is 9.84. The van der Waals surface area contributed by atoms with Gasteiger partial charge in [-0.1, -0.05) is 0 Å². The number of hydrogen-bond acceptors (Lipinski definition) is 4. The maximum absolute atomic E-state index is 10.4. The molecule has 5 heteroatoms. The van der Waals surface area contributed by atoms with Crippen molar-refractivity contribution in [1.29, 1.82) is 0 Å². The Kier molecular flexibility index (Phi) is 3.39. The summed E-state index contributed by atoms with van der Waals surface area (Å²) in [6.07, 6.45) is 0. The second kappa shape index (κ2) is 4.34. The van der Waals surface area contributed by atoms with E-state index in [-0.39, 0.29) is 12.5 Å². The molecule has 0 aromatic carbocycles. The highest BCUT2D eigenvalue weighted by Gasteiger charge is 2.02. The number of aromatic nitrogens is 1. The van der Waals surface area contributed by atoms with Gasteiger partial charge in [-0.3, -0.25) is 4.79 Å². The van der Waals surface area contributed by atoms with E-state index in [2.05, 4.69) is 10.3 Å². The molecule has 0 saturated heterocycles. The molecule has 3 N–H and O–H groups in total. The van der Waals surface area contributed by atoms with Crippen LogP contribution in [0.2, 0.25) is 0 Å². The second-order valence-corrected chi connectivity index (χ2v) is 4.11. The standard InChI is InChI=1S/C8H13N3OS/c1-5-6(2)13-8(11-5)4-10-3-7(9)12/h10H,3-4H2,1-2H3,(H2,9,12). The van der Waals surface area contributed by atoms with E-state index in [9.17, 15) is 4.79 Å². The van der Waals surface area contributed by atoms with Gasteiger partial charge in [0.2, 0.25) is 5.91 Å². The molecule has 1 aromatic rings. The Morgan fingerprint density at radius 2 is 2.31 bits per heavy atom. The number of hydrogen-bond donors (Lipinski definition) is 2. The van der Waals surface area contributed by atoms with Crippen molar-refractivity contribution in [2.75, 3.05) is 6.54 Å². The van der Waals surface area contributed by atoms with Crippen molar-refractivity contribution in [2.24, 2.45) is 5.73 Å². The fourth-order valence-corrected chi connectivity index (χ4v) is 1.81. The fraction of sp³-hybridized carbons (Fsp3) is 0.500. The number of primary amides is 1. The lowest BCUT2D eigenvalue weighted by Crippen LogP contribution is -2.28. The Bertz CT molecular complexity index is 289. The van der Waals surface area contributed by atoms with Crippen molar-refractivity contribution in [3.63, 3.8) is 0 Å². The van der Waals surface area contributed by atoms with Gasteiger partial charge in [-0.05, 0) is 13.8 Å². The van der Waals surface area contributed by atoms with E-state index in [4.69, 9.17) is 5.73 Å². The highest BCUT2D eigenvalue weighted by molar-refractivity contribution is 7.11. The lowest BCUT2D eigenvalue weighted by molar-refractivity contribution is -0.117. The summed E-state index contributed by atoms with van der Waals surface area (Å²) in [6.45, 7) is 4.83. The topological polar surface area (TPSA) is 68.0 Å². The molecule has 72 valence electrons. The molecule has 0 radical (unpaired) electrons. The molecule has 13 heavy (non-hydrogen) atoms. The SMILES string of the molecule is Cc1nc(CNCC(N)=O)sc1C. The van der Waals surface area contributed by atoms with Crippen molar-refractivity contribution < 1.29 is 4.79 Å². The van der Waals surface area contributed by atoms with E-state index in [0.29, 0.717) is 6.54 Å². The Balaban J connectivity index is 2.41. The monoisotopic (exact) mass is 199 g/mol. The van der Waals surface area contributed by atoms with Crippen LogP contribution in [0.5, 0.6) is 0 Å². The lowest BCUT2D eigenvalue weighted by Gasteiger charge is -1.96. The average Bonchev–Trinajstić information content (AvgIpc) is 2.30. The number of rotatable bonds is 4. The smallest absolute Gasteiger partial charge is 0.231 e. The third kappa shape index (κ3) is 3.12. The maximum atomic E-state index is 10.4. The van der Waals surface area contributed by atoms with Gasteiger partial charge in [0.1, 0.15) is 5.01 Å². The number of nitrogens with one attached hydrogen (secondary N) is 1. The van der Waals surface area contributed by atoms with Gasteiger partial charge in [0.25, 0.3) is 0 Å². The maximum Gasteiger partial charge on any atom is 0.231 e. The first-order valence-electron chi connectivity index (χ1n) is 4.01. The van der Waals surface area contributed by atoms with Gasteiger partial charge in [0, 0.05) is 11.4 Å². The van der Waals surface area contributed by atoms with Crippen molar-refractivity contribution in [3.8, 4) is 0 Å². The summed E-state index contributed by atoms with van der Waals surface area (Å²) in [7, 11) is 0. The average molecular weight is 199 g/mol. The molecule has 0 unspecified atom stereocenters. The first kappa shape index (κ1) is 10.1. The van der Waals surface area contributed by atoms with Crippen LogP contribution in [0.25, 0.3) is 0 Å². The number of carbonyl (C=O) groups is 1. The zero-order valence-electron chi connectivity index (χ0n) is 7.76. The van der Waals surface area contributed by atoms with E-state index in [1.807, 2.05) is 13.8 Å². The quantitative estimate of drug-likeness (QED) is 0.734. The first-order valence-corrected chi connectivity index (χ1v) is 4.83. The van der Waals surface area contributed by atoms with E-state index in [1.54, 1.807) is 11.3 Å². The van der Waals surface area contributed by atoms with E-state index >= 15 is 0 Å². The Morgan fingerprint density at radius 1 is 1.62 bits per heavy atom. The van der Waals surface area contributed by atoms with Gasteiger partial charge in [0.15, 0.2) is 0 Å². The molecule has 0 aliphatic carbocycles. The molecule has 0 saturated carbocycles. The molecule has 1 amide bonds. The fourth-order valence-electron chi connectivity index (χ4n) is 0.907. The van der Waals surface area contributed by atoms with Crippen molar-refractivity contribution in [1.82, 2.24) is 10.3 Å². The van der Waals surface area contributed by atoms with Gasteiger partial charge < -0.3 is 11.1 Å². The highest BCUT2D eigenvalue weighted by atomic mass is 32.1. The minimum atomic E-state index is -0.343. The summed E-state index contributed by atoms with van der Waals surface area (Å²) in [5.74, 6) is -0.343. The lowest BCUT2D eigenvalue weighted by atomic mass is 10.4. The normalized spacial score (nSPS) is 10.3. The molecule has 4 nitrogen and oxygen atoms in total. The number of carbonyl (C=O) groups excluding carboxylic acids is 1. The molecule has 0 spiro atoms. The van der Waals surface area contributed by atoms with Crippen LogP contribution in [0.3, 0.4) is 0 Å². The molecule has 1 heterocycles. The summed E-state index contributed by atoms with van der Waals surface area (Å²) in [5.41, 5.74) is 6.03. The molecule has 0 bridgehead atoms. The van der Waals surface area contributed by atoms with Gasteiger partial charge in [-0.15, -0.1) is 11.3 Å². The number of amides is 1. The number of aryl methyl sites for hydroxylation is 2. The van der Waals surface area contributed by atoms with Crippen molar-refractivity contribution in [2.45, 2.75) is 20.4 Å². The Hall–Kier alpha value is -0.940. The molecule has 0 aliphatic rings. The summed E-state index contributed by atoms with van der Waals surface area (Å²) < 4.78 is 0. The molecule has 0 atom stereocenters. The van der Waals surface area contributed by atoms with E-state index in [1.165, 1.54) is 4.88 Å². The number of thiazole rings is 1. The Morgan fingerprint density at radius 3 is 2.77 bits per heavy atom. The highest BCUT2D eigenvalue weighted by Crippen LogP contribution is 2.15. The van der Waals surface area contributed by atoms with Crippen molar-refractivity contribution >= 4 is 17.2 Å². The van der Waals surface area contributed by atoms with Gasteiger partial charge in [-0.25, -0.2) is 4.98 Å². The molecular weight excluding hydrogens is 186 g/mol. The van der Waals surface area contributed by atoms with E-state index in [0.717, 1.165) is 10.7 Å². The predicted molar refractivity (Wildman–Crippen MR) is 52.5 cm³/mol. The molecule has 1 aromatic heterocycles. The third-order valence-electron chi connectivity index (χ3n) is 1.65. The third-order valence-corrected chi connectivity index (χ3v) is 2.72. The summed E-state index contributed by atoms with van der Waals surface area (Å²) >= 11 is 1.64. The summed E-state index contributed by atoms with van der Waals surface area (Å²) in [6, 6.07) is 0. The van der Waals surface area contributed by atoms with Crippen LogP contribution in [-0.2, 0) is 11.3 Å². The van der Waals surface area contributed by atoms with Gasteiger partial charge >= 0.3 is 0 Å². The minimum absolute atomic E-state index is 0.206. The molecule has 0 aliphatic heterocycles. The number of nitrogens with two attached hydrogens (primary N) is 1. The van der Waals surface area contributed by atoms with Gasteiger partial charge in [0.05, 0.1) is 12.2 Å². The number of nitrogens with zero attached hydrogens (tertiary/aromatic N) is 1. The summed E-state index contributed by atoms with van der Waals surface area (Å²) in [4.78, 5) is 15.9. The molecule has 0 fully saturated rings. The van der Waals surface area contributed by atoms with Crippen LogP contribution in [0, 0.1) is 13.8 Å². The van der Waals surface area contributed by atoms with Crippen LogP contribution in [0.1, 0.15) is 15.6 Å². The van der Waals surface area contributed by atoms with Crippen LogP contribution < -0.4 is 11.1 Å². The summed E-state index contributed by atoms with van der Waals surface area (Å²) in [5, 5.41) is 3.91. The first-order chi connectivity index (χ1) is 6.09. The van der Waals surface area contributed by atoms with Crippen LogP contribution in [0.4, 0.5) is 0 Å². The van der Waals surface area contributed by atoms with Crippen LogP contribution in [0.15, 0.2) is 0 Å². The zero-order valence-corrected chi connectivity index (χ0v) is 8.57.